The Balaban J connectivity index is 0. The SMILES string of the molecule is C1CCOC1.C1CCOC1.C1CCOC1.CC(=O)c1nccs1.CC(C)(C)OC(=O)N=S(N)(=O)c1cnc(C(C)(C)O)s1.CC(C)(C)OC(=O)NS(=O)c1cnc(C(C)(C)O)s1.CC(C)(O)c1ncc(S(=O)[O-])s1.CC(C)(O)c1ncc(S(N)=O)s1.CC(C)(O)c1nccs1.COS(=O)c1cnc(C(C)(C)O)s1.N.[Li+]. The molecule has 622 valence electrons. The number of rotatable bonds is 14. The van der Waals surface area contributed by atoms with Gasteiger partial charge in [0, 0.05) is 69.7 Å². The monoisotopic (exact) mass is 1770 g/mol. The first-order chi connectivity index (χ1) is 49.5. The van der Waals surface area contributed by atoms with Crippen molar-refractivity contribution in [2.75, 3.05) is 46.8 Å². The zero-order valence-corrected chi connectivity index (χ0v) is 75.6. The number of Topliss-reactive ketones (excluding diaryl/α,β-unsaturated/α-hetero) is 1. The van der Waals surface area contributed by atoms with Crippen molar-refractivity contribution < 1.29 is 117 Å². The van der Waals surface area contributed by atoms with Gasteiger partial charge in [0.2, 0.25) is 11.1 Å². The summed E-state index contributed by atoms with van der Waals surface area (Å²) in [7, 11) is -5.31. The number of hydrogen-bond donors (Lipinski definition) is 10. The van der Waals surface area contributed by atoms with E-state index >= 15 is 0 Å². The summed E-state index contributed by atoms with van der Waals surface area (Å²) in [5, 5.41) is 75.3. The van der Waals surface area contributed by atoms with Crippen LogP contribution >= 0.6 is 79.4 Å². The standard InChI is InChI=1S/C11H19N3O4S2.C11H18N2O4S2.C7H11NO3S2.C6H10N2O2S2.C6H9NO3S2.C6H9NOS.C5H5NOS.3C4H8O.Li.H3N/c1-10(2,3)18-9(15)14-20(12,17)7-6-13-8(19-7)11(4,5)16;1-10(2,3)17-9(14)13-19(16)7-6-12-8(18-7)11(4,5)15;1-7(2,9)6-8-4-5(12-6)13(10)11-3;1-6(2,9)5-8-3-4(11-5)12(7)10;1-6(2,8)5-7-3-4(11-5)12(9)10;1-6(2,8)5-7-3-4-9-5;1-4(7)5-6-2-3-8-5;3*1-2-4-5-3-1;;/h6,16H,1-5H3,(H2,12,14,15,17);6,15H,1-5H3,(H,13,14);4,9H,1-3H3;3,9H,7H2,1-2H3;3,8H,1-2H3,(H,9,10);3-4,8H,1-2H3;2-3H,1H3;3*1-4H2;;1H3/q;;;;;;;;;;+1;/p-1. The second-order valence-electron chi connectivity index (χ2n) is 27.4. The Bertz CT molecular complexity index is 3880. The summed E-state index contributed by atoms with van der Waals surface area (Å²) in [6, 6.07) is 0. The van der Waals surface area contributed by atoms with Crippen molar-refractivity contribution in [3.63, 3.8) is 0 Å². The van der Waals surface area contributed by atoms with Crippen molar-refractivity contribution in [3.8, 4) is 0 Å². The Morgan fingerprint density at radius 2 is 0.855 bits per heavy atom. The van der Waals surface area contributed by atoms with Gasteiger partial charge in [0.05, 0.1) is 42.3 Å². The minimum atomic E-state index is -3.43. The van der Waals surface area contributed by atoms with Crippen LogP contribution in [0.15, 0.2) is 79.5 Å². The van der Waals surface area contributed by atoms with Gasteiger partial charge in [-0.25, -0.2) is 76.3 Å². The van der Waals surface area contributed by atoms with E-state index in [1.165, 1.54) is 118 Å². The van der Waals surface area contributed by atoms with Gasteiger partial charge in [0.15, 0.2) is 31.7 Å². The molecule has 3 saturated heterocycles. The maximum atomic E-state index is 12.2. The van der Waals surface area contributed by atoms with Crippen LogP contribution in [0.25, 0.3) is 0 Å². The van der Waals surface area contributed by atoms with Crippen molar-refractivity contribution in [1.82, 2.24) is 45.8 Å². The van der Waals surface area contributed by atoms with E-state index in [9.17, 15) is 70.6 Å². The number of ether oxygens (including phenoxy) is 5. The molecule has 7 aromatic rings. The van der Waals surface area contributed by atoms with E-state index in [1.807, 2.05) is 5.38 Å². The van der Waals surface area contributed by atoms with Crippen LogP contribution in [0, 0.1) is 0 Å². The first kappa shape index (κ1) is 108. The predicted octanol–water partition coefficient (Wildman–Crippen LogP) is 8.20. The maximum absolute atomic E-state index is 12.2. The van der Waals surface area contributed by atoms with E-state index in [-0.39, 0.29) is 39.2 Å². The fourth-order valence-electron chi connectivity index (χ4n) is 6.58. The molecule has 10 rings (SSSR count). The van der Waals surface area contributed by atoms with Crippen LogP contribution in [0.2, 0.25) is 0 Å². The quantitative estimate of drug-likeness (QED) is 0.0278. The van der Waals surface area contributed by atoms with Crippen LogP contribution in [0.1, 0.15) is 210 Å². The maximum Gasteiger partial charge on any atom is 1.00 e. The van der Waals surface area contributed by atoms with E-state index in [1.54, 1.807) is 142 Å². The number of carbonyl (C=O) groups is 3. The molecule has 0 aromatic carbocycles. The van der Waals surface area contributed by atoms with Crippen molar-refractivity contribution in [2.24, 2.45) is 14.6 Å². The third-order valence-electron chi connectivity index (χ3n) is 11.5. The molecule has 0 aliphatic carbocycles. The van der Waals surface area contributed by atoms with Gasteiger partial charge < -0.3 is 65.0 Å². The normalized spacial score (nSPS) is 15.1. The van der Waals surface area contributed by atoms with Crippen molar-refractivity contribution >= 4 is 151 Å². The third-order valence-corrected chi connectivity index (χ3v) is 26.4. The third kappa shape index (κ3) is 47.4. The predicted molar refractivity (Wildman–Crippen MR) is 428 cm³/mol. The minimum absolute atomic E-state index is 0. The molecule has 110 heavy (non-hydrogen) atoms. The summed E-state index contributed by atoms with van der Waals surface area (Å²) in [5.41, 5.74) is -7.48. The Morgan fingerprint density at radius 3 is 1.12 bits per heavy atom. The van der Waals surface area contributed by atoms with Gasteiger partial charge in [-0.15, -0.1) is 83.7 Å². The van der Waals surface area contributed by atoms with E-state index in [0.29, 0.717) is 42.7 Å². The zero-order chi connectivity index (χ0) is 82.9. The molecule has 0 radical (unpaired) electrons. The molecule has 3 aliphatic rings. The van der Waals surface area contributed by atoms with Gasteiger partial charge in [-0.3, -0.25) is 13.2 Å². The van der Waals surface area contributed by atoms with Crippen LogP contribution in [0.4, 0.5) is 9.59 Å². The van der Waals surface area contributed by atoms with Gasteiger partial charge in [0.25, 0.3) is 0 Å². The van der Waals surface area contributed by atoms with Crippen LogP contribution in [-0.2, 0) is 116 Å². The van der Waals surface area contributed by atoms with Gasteiger partial charge in [-0.05, 0) is 174 Å². The first-order valence-corrected chi connectivity index (χ1v) is 44.5. The number of nitrogens with zero attached hydrogens (tertiary/aromatic N) is 8. The van der Waals surface area contributed by atoms with Crippen LogP contribution in [0.5, 0.6) is 0 Å². The summed E-state index contributed by atoms with van der Waals surface area (Å²) in [6.07, 6.45) is 16.0. The summed E-state index contributed by atoms with van der Waals surface area (Å²) < 4.78 is 103. The molecule has 5 atom stereocenters. The van der Waals surface area contributed by atoms with Crippen molar-refractivity contribution in [3.05, 3.63) is 89.2 Å². The van der Waals surface area contributed by atoms with Crippen LogP contribution in [-0.4, -0.2) is 167 Å². The van der Waals surface area contributed by atoms with Gasteiger partial charge >= 0.3 is 31.0 Å². The Morgan fingerprint density at radius 1 is 0.518 bits per heavy atom. The summed E-state index contributed by atoms with van der Waals surface area (Å²) in [6.45, 7) is 37.0. The number of nitrogens with two attached hydrogens (primary N) is 2. The summed E-state index contributed by atoms with van der Waals surface area (Å²) >= 11 is 4.47. The topological polar surface area (TPSA) is 538 Å². The molecule has 3 fully saturated rings. The van der Waals surface area contributed by atoms with Gasteiger partial charge in [-0.2, -0.15) is 0 Å². The van der Waals surface area contributed by atoms with Crippen LogP contribution < -0.4 is 40.0 Å². The Hall–Kier alpha value is -3.59. The smallest absolute Gasteiger partial charge is 0.768 e. The van der Waals surface area contributed by atoms with E-state index in [4.69, 9.17) is 34.0 Å². The molecule has 5 unspecified atom stereocenters. The Labute approximate surface area is 695 Å². The van der Waals surface area contributed by atoms with E-state index in [0.717, 1.165) is 90.0 Å². The second kappa shape index (κ2) is 50.8. The fraction of sp³-hybridized carbons (Fsp3) is 0.625. The molecule has 33 nitrogen and oxygen atoms in total. The van der Waals surface area contributed by atoms with Gasteiger partial charge in [0.1, 0.15) is 103 Å². The second-order valence-corrected chi connectivity index (χ2v) is 41.8. The molecule has 3 aliphatic heterocycles. The molecule has 0 spiro atoms. The van der Waals surface area contributed by atoms with Crippen LogP contribution in [0.3, 0.4) is 0 Å². The molecule has 10 heterocycles. The molecule has 0 saturated carbocycles. The Kier molecular flexibility index (Phi) is 50.1. The van der Waals surface area contributed by atoms with Gasteiger partial charge in [-0.1, -0.05) is 0 Å². The summed E-state index contributed by atoms with van der Waals surface area (Å²) in [4.78, 5) is 60.7. The van der Waals surface area contributed by atoms with E-state index in [2.05, 4.69) is 48.2 Å². The number of aromatic nitrogens is 7. The number of carbonyl (C=O) groups excluding carboxylic acids is 3. The number of hydrogen-bond acceptors (Lipinski definition) is 36. The zero-order valence-electron chi connectivity index (χ0n) is 65.8. The number of thiazole rings is 7. The number of nitrogens with one attached hydrogen (secondary N) is 1. The molecule has 0 bridgehead atoms. The molecular weight excluding hydrogens is 1660 g/mol. The molecular formula is C64H107LiN12O21S12. The number of amides is 2. The average molecular weight is 1770 g/mol. The van der Waals surface area contributed by atoms with E-state index < -0.39 is 111 Å². The van der Waals surface area contributed by atoms with Crippen molar-refractivity contribution in [2.45, 2.75) is 236 Å². The fourth-order valence-corrected chi connectivity index (χ4v) is 15.9. The first-order valence-electron chi connectivity index (χ1n) is 32.6. The minimum Gasteiger partial charge on any atom is -0.768 e. The summed E-state index contributed by atoms with van der Waals surface area (Å²) in [5.74, 6) is 0.0417. The number of aliphatic hydroxyl groups is 6. The average Bonchev–Trinajstić information content (AvgIpc) is 1.64. The molecule has 7 aromatic heterocycles. The molecule has 46 heteroatoms. The molecule has 14 N–H and O–H groups in total. The largest absolute Gasteiger partial charge is 1.00 e. The number of ketones is 1. The molecule has 2 amide bonds. The van der Waals surface area contributed by atoms with Crippen molar-refractivity contribution in [1.29, 1.82) is 0 Å².